The number of rotatable bonds is 9. The fourth-order valence-corrected chi connectivity index (χ4v) is 6.82. The summed E-state index contributed by atoms with van der Waals surface area (Å²) in [7, 11) is 1.74. The maximum Gasteiger partial charge on any atom is 0.410 e. The van der Waals surface area contributed by atoms with E-state index in [4.69, 9.17) is 9.47 Å². The predicted octanol–water partition coefficient (Wildman–Crippen LogP) is 6.89. The number of likely N-dealkylation sites (tertiary alicyclic amines) is 1. The number of benzene rings is 3. The number of halogens is 1. The first-order chi connectivity index (χ1) is 21.6. The zero-order valence-corrected chi connectivity index (χ0v) is 27.3. The Kier molecular flexibility index (Phi) is 10.6. The minimum Gasteiger partial charge on any atom is -0.496 e. The molecule has 2 saturated heterocycles. The van der Waals surface area contributed by atoms with E-state index >= 15 is 0 Å². The van der Waals surface area contributed by atoms with Crippen molar-refractivity contribution in [1.82, 2.24) is 14.7 Å². The van der Waals surface area contributed by atoms with E-state index in [1.165, 1.54) is 28.5 Å². The van der Waals surface area contributed by atoms with Gasteiger partial charge in [-0.1, -0.05) is 42.5 Å². The highest BCUT2D eigenvalue weighted by Crippen LogP contribution is 2.35. The number of unbranched alkanes of at least 4 members (excludes halogenated alkanes) is 1. The molecule has 2 fully saturated rings. The number of piperazine rings is 1. The maximum atomic E-state index is 14.1. The summed E-state index contributed by atoms with van der Waals surface area (Å²) in [5.41, 5.74) is 1.57. The van der Waals surface area contributed by atoms with Crippen LogP contribution < -0.4 is 4.74 Å². The first-order valence-electron chi connectivity index (χ1n) is 16.4. The molecular formula is C37H48FN3O4. The first kappa shape index (κ1) is 32.7. The third kappa shape index (κ3) is 8.34. The van der Waals surface area contributed by atoms with Crippen molar-refractivity contribution in [2.45, 2.75) is 64.4 Å². The maximum absolute atomic E-state index is 14.1. The molecule has 0 N–H and O–H groups in total. The third-order valence-electron chi connectivity index (χ3n) is 9.21. The number of amides is 2. The molecular weight excluding hydrogens is 569 g/mol. The quantitative estimate of drug-likeness (QED) is 0.245. The van der Waals surface area contributed by atoms with Crippen molar-refractivity contribution >= 4 is 22.8 Å². The van der Waals surface area contributed by atoms with E-state index in [0.717, 1.165) is 50.2 Å². The van der Waals surface area contributed by atoms with Crippen LogP contribution in [-0.4, -0.2) is 85.2 Å². The van der Waals surface area contributed by atoms with Crippen LogP contribution >= 0.6 is 0 Å². The Morgan fingerprint density at radius 3 is 2.22 bits per heavy atom. The summed E-state index contributed by atoms with van der Waals surface area (Å²) in [6.45, 7) is 10.7. The molecule has 1 unspecified atom stereocenters. The highest BCUT2D eigenvalue weighted by molar-refractivity contribution is 5.88. The Balaban J connectivity index is 1.15. The molecule has 8 heteroatoms. The van der Waals surface area contributed by atoms with Crippen molar-refractivity contribution < 1.29 is 23.5 Å². The van der Waals surface area contributed by atoms with Crippen molar-refractivity contribution in [1.29, 1.82) is 0 Å². The Hall–Kier alpha value is -3.65. The molecule has 2 aliphatic rings. The first-order valence-corrected chi connectivity index (χ1v) is 16.4. The molecule has 7 nitrogen and oxygen atoms in total. The number of nitrogens with zero attached hydrogens (tertiary/aromatic N) is 3. The number of hydrogen-bond donors (Lipinski definition) is 0. The van der Waals surface area contributed by atoms with E-state index in [0.29, 0.717) is 39.0 Å². The molecule has 2 aliphatic heterocycles. The van der Waals surface area contributed by atoms with Crippen LogP contribution in [0.25, 0.3) is 10.8 Å². The van der Waals surface area contributed by atoms with Crippen LogP contribution in [0, 0.1) is 11.7 Å². The van der Waals surface area contributed by atoms with Crippen molar-refractivity contribution in [3.8, 4) is 5.75 Å². The van der Waals surface area contributed by atoms with Crippen LogP contribution in [0.1, 0.15) is 63.5 Å². The molecule has 5 rings (SSSR count). The Morgan fingerprint density at radius 2 is 1.56 bits per heavy atom. The van der Waals surface area contributed by atoms with Crippen LogP contribution in [0.15, 0.2) is 60.7 Å². The molecule has 0 aromatic heterocycles. The van der Waals surface area contributed by atoms with E-state index in [-0.39, 0.29) is 29.7 Å². The van der Waals surface area contributed by atoms with Gasteiger partial charge in [-0.05, 0) is 99.9 Å². The summed E-state index contributed by atoms with van der Waals surface area (Å²) in [6, 6.07) is 19.0. The van der Waals surface area contributed by atoms with Crippen molar-refractivity contribution in [2.24, 2.45) is 5.92 Å². The lowest BCUT2D eigenvalue weighted by Crippen LogP contribution is -2.51. The van der Waals surface area contributed by atoms with Gasteiger partial charge in [-0.25, -0.2) is 9.18 Å². The highest BCUT2D eigenvalue weighted by atomic mass is 19.1. The fraction of sp³-hybridized carbons (Fsp3) is 0.514. The minimum atomic E-state index is -0.549. The van der Waals surface area contributed by atoms with Crippen LogP contribution in [0.5, 0.6) is 5.75 Å². The van der Waals surface area contributed by atoms with Gasteiger partial charge < -0.3 is 19.3 Å². The van der Waals surface area contributed by atoms with Gasteiger partial charge in [0.1, 0.15) is 17.2 Å². The summed E-state index contributed by atoms with van der Waals surface area (Å²) in [5, 5.41) is 2.50. The summed E-state index contributed by atoms with van der Waals surface area (Å²) >= 11 is 0. The number of carbonyl (C=O) groups excluding carboxylic acids is 2. The van der Waals surface area contributed by atoms with Gasteiger partial charge in [-0.3, -0.25) is 9.69 Å². The van der Waals surface area contributed by atoms with Crippen molar-refractivity contribution in [3.05, 3.63) is 77.6 Å². The van der Waals surface area contributed by atoms with Crippen molar-refractivity contribution in [3.63, 3.8) is 0 Å². The van der Waals surface area contributed by atoms with Gasteiger partial charge in [-0.2, -0.15) is 0 Å². The monoisotopic (exact) mass is 617 g/mol. The molecule has 0 bridgehead atoms. The number of carbonyl (C=O) groups is 2. The van der Waals surface area contributed by atoms with Gasteiger partial charge in [0.05, 0.1) is 13.0 Å². The second-order valence-electron chi connectivity index (χ2n) is 13.4. The number of methoxy groups -OCH3 is 1. The van der Waals surface area contributed by atoms with E-state index < -0.39 is 5.60 Å². The molecule has 242 valence electrons. The number of hydrogen-bond acceptors (Lipinski definition) is 5. The average Bonchev–Trinajstić information content (AvgIpc) is 3.03. The highest BCUT2D eigenvalue weighted by Gasteiger charge is 2.37. The Morgan fingerprint density at radius 1 is 0.867 bits per heavy atom. The van der Waals surface area contributed by atoms with Gasteiger partial charge in [-0.15, -0.1) is 0 Å². The van der Waals surface area contributed by atoms with Crippen LogP contribution in [0.2, 0.25) is 0 Å². The Labute approximate surface area is 267 Å². The van der Waals surface area contributed by atoms with Crippen molar-refractivity contribution in [2.75, 3.05) is 52.9 Å². The summed E-state index contributed by atoms with van der Waals surface area (Å²) in [4.78, 5) is 32.9. The average molecular weight is 618 g/mol. The normalized spacial score (nSPS) is 17.4. The third-order valence-corrected chi connectivity index (χ3v) is 9.21. The van der Waals surface area contributed by atoms with Gasteiger partial charge in [0.25, 0.3) is 0 Å². The fourth-order valence-electron chi connectivity index (χ4n) is 6.82. The lowest BCUT2D eigenvalue weighted by molar-refractivity contribution is -0.136. The molecule has 0 aliphatic carbocycles. The standard InChI is InChI=1S/C37H48FN3O4/c1-37(2,3)45-36(43)41-21-18-29(19-22-41)34(28-12-15-30(38)16-13-28)35(42)40-25-23-39(24-26-40)20-8-7-11-32-31-10-6-5-9-27(31)14-17-33(32)44-4/h5-6,9-10,12-17,29,34H,7-8,11,18-26H2,1-4H3. The molecule has 0 radical (unpaired) electrons. The molecule has 1 atom stereocenters. The zero-order chi connectivity index (χ0) is 32.0. The number of piperidine rings is 1. The molecule has 3 aromatic carbocycles. The lowest BCUT2D eigenvalue weighted by atomic mass is 9.79. The molecule has 0 spiro atoms. The van der Waals surface area contributed by atoms with Crippen LogP contribution in [-0.2, 0) is 16.0 Å². The summed E-state index contributed by atoms with van der Waals surface area (Å²) in [5.74, 6) is 0.476. The van der Waals surface area contributed by atoms with Gasteiger partial charge >= 0.3 is 6.09 Å². The van der Waals surface area contributed by atoms with E-state index in [9.17, 15) is 14.0 Å². The number of aryl methyl sites for hydroxylation is 1. The van der Waals surface area contributed by atoms with Gasteiger partial charge in [0, 0.05) is 44.8 Å². The van der Waals surface area contributed by atoms with Gasteiger partial charge in [0.2, 0.25) is 5.91 Å². The van der Waals surface area contributed by atoms with E-state index in [2.05, 4.69) is 41.3 Å². The summed E-state index contributed by atoms with van der Waals surface area (Å²) in [6.07, 6.45) is 4.21. The zero-order valence-electron chi connectivity index (χ0n) is 27.3. The smallest absolute Gasteiger partial charge is 0.410 e. The lowest BCUT2D eigenvalue weighted by Gasteiger charge is -2.40. The molecule has 0 saturated carbocycles. The SMILES string of the molecule is COc1ccc2ccccc2c1CCCCN1CCN(C(=O)C(c2ccc(F)cc2)C2CCN(C(=O)OC(C)(C)C)CC2)CC1. The van der Waals surface area contributed by atoms with E-state index in [1.807, 2.05) is 25.7 Å². The molecule has 45 heavy (non-hydrogen) atoms. The summed E-state index contributed by atoms with van der Waals surface area (Å²) < 4.78 is 25.1. The second-order valence-corrected chi connectivity index (χ2v) is 13.4. The molecule has 2 heterocycles. The van der Waals surface area contributed by atoms with Crippen LogP contribution in [0.4, 0.5) is 9.18 Å². The van der Waals surface area contributed by atoms with E-state index in [1.54, 1.807) is 24.1 Å². The predicted molar refractivity (Wildman–Crippen MR) is 176 cm³/mol. The number of ether oxygens (including phenoxy) is 2. The van der Waals surface area contributed by atoms with Crippen LogP contribution in [0.3, 0.4) is 0 Å². The molecule has 2 amide bonds. The Bertz CT molecular complexity index is 1440. The van der Waals surface area contributed by atoms with Gasteiger partial charge in [0.15, 0.2) is 0 Å². The second kappa shape index (κ2) is 14.6. The topological polar surface area (TPSA) is 62.3 Å². The number of fused-ring (bicyclic) bond motifs is 1. The molecule has 3 aromatic rings. The minimum absolute atomic E-state index is 0.0748. The largest absolute Gasteiger partial charge is 0.496 e.